The van der Waals surface area contributed by atoms with Crippen LogP contribution in [0.5, 0.6) is 5.75 Å². The summed E-state index contributed by atoms with van der Waals surface area (Å²) in [6.45, 7) is 4.57. The molecule has 0 amide bonds. The van der Waals surface area contributed by atoms with Gasteiger partial charge in [0.05, 0.1) is 30.4 Å². The van der Waals surface area contributed by atoms with Gasteiger partial charge in [0.15, 0.2) is 5.44 Å². The maximum Gasteiger partial charge on any atom is 0.379 e. The molecule has 0 radical (unpaired) electrons. The zero-order valence-electron chi connectivity index (χ0n) is 16.4. The van der Waals surface area contributed by atoms with Gasteiger partial charge in [-0.1, -0.05) is 36.4 Å². The first-order valence-corrected chi connectivity index (χ1v) is 11.2. The van der Waals surface area contributed by atoms with Crippen molar-refractivity contribution in [1.29, 1.82) is 0 Å². The molecule has 0 saturated heterocycles. The molecule has 0 spiro atoms. The van der Waals surface area contributed by atoms with Crippen molar-refractivity contribution in [2.75, 3.05) is 13.2 Å². The SMILES string of the molecule is CCOP(=O)(OCC)c1cc2c(cn1)[nH]c1cccc(OCc3ccccc3)c12. The first kappa shape index (κ1) is 19.6. The minimum Gasteiger partial charge on any atom is -0.488 e. The first-order chi connectivity index (χ1) is 14.1. The van der Waals surface area contributed by atoms with Crippen molar-refractivity contribution in [3.63, 3.8) is 0 Å². The van der Waals surface area contributed by atoms with E-state index in [4.69, 9.17) is 13.8 Å². The summed E-state index contributed by atoms with van der Waals surface area (Å²) in [5.41, 5.74) is 3.14. The molecule has 0 bridgehead atoms. The Bertz CT molecular complexity index is 1160. The minimum atomic E-state index is -3.47. The molecule has 0 aliphatic carbocycles. The van der Waals surface area contributed by atoms with E-state index in [0.717, 1.165) is 33.1 Å². The zero-order chi connectivity index (χ0) is 20.3. The maximum atomic E-state index is 13.2. The molecular formula is C22H23N2O4P. The van der Waals surface area contributed by atoms with Crippen LogP contribution in [-0.4, -0.2) is 23.2 Å². The van der Waals surface area contributed by atoms with Crippen molar-refractivity contribution in [2.45, 2.75) is 20.5 Å². The van der Waals surface area contributed by atoms with Crippen LogP contribution < -0.4 is 10.2 Å². The molecule has 4 rings (SSSR count). The predicted octanol–water partition coefficient (Wildman–Crippen LogP) is 5.19. The molecule has 2 aromatic heterocycles. The number of fused-ring (bicyclic) bond motifs is 3. The molecule has 6 nitrogen and oxygen atoms in total. The van der Waals surface area contributed by atoms with Crippen LogP contribution >= 0.6 is 7.60 Å². The Hall–Kier alpha value is -2.66. The monoisotopic (exact) mass is 410 g/mol. The first-order valence-electron chi connectivity index (χ1n) is 9.61. The van der Waals surface area contributed by atoms with Crippen LogP contribution in [0.2, 0.25) is 0 Å². The predicted molar refractivity (Wildman–Crippen MR) is 115 cm³/mol. The van der Waals surface area contributed by atoms with Gasteiger partial charge in [-0.2, -0.15) is 0 Å². The molecule has 0 saturated carbocycles. The highest BCUT2D eigenvalue weighted by Gasteiger charge is 2.29. The molecular weight excluding hydrogens is 387 g/mol. The Labute approximate surface area is 169 Å². The van der Waals surface area contributed by atoms with E-state index in [1.54, 1.807) is 26.1 Å². The van der Waals surface area contributed by atoms with Gasteiger partial charge in [-0.25, -0.2) is 4.98 Å². The lowest BCUT2D eigenvalue weighted by Gasteiger charge is -2.16. The van der Waals surface area contributed by atoms with Crippen LogP contribution in [0, 0.1) is 0 Å². The highest BCUT2D eigenvalue weighted by molar-refractivity contribution is 7.61. The summed E-state index contributed by atoms with van der Waals surface area (Å²) in [7, 11) is -3.47. The Balaban J connectivity index is 1.79. The average molecular weight is 410 g/mol. The Morgan fingerprint density at radius 3 is 2.45 bits per heavy atom. The van der Waals surface area contributed by atoms with E-state index in [9.17, 15) is 4.57 Å². The lowest BCUT2D eigenvalue weighted by Crippen LogP contribution is -2.14. The van der Waals surface area contributed by atoms with Crippen molar-refractivity contribution in [1.82, 2.24) is 9.97 Å². The van der Waals surface area contributed by atoms with Crippen LogP contribution in [0.15, 0.2) is 60.8 Å². The van der Waals surface area contributed by atoms with Crippen LogP contribution in [-0.2, 0) is 20.2 Å². The molecule has 0 aliphatic heterocycles. The van der Waals surface area contributed by atoms with E-state index in [-0.39, 0.29) is 13.2 Å². The standard InChI is InChI=1S/C22H23N2O4P/c1-3-27-29(25,28-4-2)21-13-17-19(14-23-21)24-18-11-8-12-20(22(17)18)26-15-16-9-6-5-7-10-16/h5-14,24H,3-4,15H2,1-2H3. The zero-order valence-corrected chi connectivity index (χ0v) is 17.3. The molecule has 2 aromatic carbocycles. The van der Waals surface area contributed by atoms with E-state index in [1.807, 2.05) is 48.5 Å². The van der Waals surface area contributed by atoms with E-state index in [1.165, 1.54) is 0 Å². The number of nitrogens with zero attached hydrogens (tertiary/aromatic N) is 1. The minimum absolute atomic E-state index is 0.274. The fourth-order valence-electron chi connectivity index (χ4n) is 3.32. The van der Waals surface area contributed by atoms with Crippen molar-refractivity contribution < 1.29 is 18.3 Å². The van der Waals surface area contributed by atoms with Gasteiger partial charge in [-0.3, -0.25) is 4.57 Å². The molecule has 7 heteroatoms. The largest absolute Gasteiger partial charge is 0.488 e. The molecule has 150 valence electrons. The third-order valence-corrected chi connectivity index (χ3v) is 6.57. The molecule has 4 aromatic rings. The van der Waals surface area contributed by atoms with Crippen LogP contribution in [0.4, 0.5) is 0 Å². The third-order valence-electron chi connectivity index (χ3n) is 4.57. The molecule has 0 unspecified atom stereocenters. The number of benzene rings is 2. The molecule has 1 N–H and O–H groups in total. The fraction of sp³-hybridized carbons (Fsp3) is 0.227. The van der Waals surface area contributed by atoms with Crippen molar-refractivity contribution in [3.8, 4) is 5.75 Å². The van der Waals surface area contributed by atoms with E-state index >= 15 is 0 Å². The Kier molecular flexibility index (Phi) is 5.67. The number of pyridine rings is 1. The number of aromatic amines is 1. The lowest BCUT2D eigenvalue weighted by atomic mass is 10.1. The second-order valence-electron chi connectivity index (χ2n) is 6.50. The van der Waals surface area contributed by atoms with Gasteiger partial charge in [-0.05, 0) is 37.6 Å². The molecule has 0 aliphatic rings. The van der Waals surface area contributed by atoms with Crippen molar-refractivity contribution in [3.05, 3.63) is 66.4 Å². The normalized spacial score (nSPS) is 11.9. The second-order valence-corrected chi connectivity index (χ2v) is 8.47. The quantitative estimate of drug-likeness (QED) is 0.405. The number of H-pyrrole nitrogens is 1. The summed E-state index contributed by atoms with van der Waals surface area (Å²) < 4.78 is 30.2. The number of aromatic nitrogens is 2. The number of rotatable bonds is 8. The van der Waals surface area contributed by atoms with E-state index in [2.05, 4.69) is 9.97 Å². The number of nitrogens with one attached hydrogen (secondary N) is 1. The molecule has 0 atom stereocenters. The second kappa shape index (κ2) is 8.37. The third kappa shape index (κ3) is 3.92. The maximum absolute atomic E-state index is 13.2. The number of hydrogen-bond acceptors (Lipinski definition) is 5. The van der Waals surface area contributed by atoms with Gasteiger partial charge in [0.2, 0.25) is 0 Å². The van der Waals surface area contributed by atoms with E-state index < -0.39 is 7.60 Å². The van der Waals surface area contributed by atoms with Gasteiger partial charge in [0.25, 0.3) is 0 Å². The van der Waals surface area contributed by atoms with Crippen molar-refractivity contribution in [2.24, 2.45) is 0 Å². The number of ether oxygens (including phenoxy) is 1. The highest BCUT2D eigenvalue weighted by Crippen LogP contribution is 2.47. The average Bonchev–Trinajstić information content (AvgIpc) is 3.12. The van der Waals surface area contributed by atoms with E-state index in [0.29, 0.717) is 12.0 Å². The summed E-state index contributed by atoms with van der Waals surface area (Å²) in [4.78, 5) is 7.69. The Morgan fingerprint density at radius 1 is 0.966 bits per heavy atom. The summed E-state index contributed by atoms with van der Waals surface area (Å²) in [6.07, 6.45) is 1.66. The van der Waals surface area contributed by atoms with Gasteiger partial charge in [0.1, 0.15) is 12.4 Å². The van der Waals surface area contributed by atoms with Crippen LogP contribution in [0.3, 0.4) is 0 Å². The van der Waals surface area contributed by atoms with Gasteiger partial charge in [0, 0.05) is 10.8 Å². The summed E-state index contributed by atoms with van der Waals surface area (Å²) in [5, 5.41) is 1.79. The van der Waals surface area contributed by atoms with Crippen molar-refractivity contribution >= 4 is 34.8 Å². The number of hydrogen-bond donors (Lipinski definition) is 1. The summed E-state index contributed by atoms with van der Waals surface area (Å²) >= 11 is 0. The van der Waals surface area contributed by atoms with Gasteiger partial charge in [-0.15, -0.1) is 0 Å². The molecule has 0 fully saturated rings. The summed E-state index contributed by atoms with van der Waals surface area (Å²) in [5.74, 6) is 0.748. The molecule has 2 heterocycles. The highest BCUT2D eigenvalue weighted by atomic mass is 31.2. The lowest BCUT2D eigenvalue weighted by molar-refractivity contribution is 0.229. The smallest absolute Gasteiger partial charge is 0.379 e. The van der Waals surface area contributed by atoms with Gasteiger partial charge < -0.3 is 18.8 Å². The van der Waals surface area contributed by atoms with Crippen LogP contribution in [0.25, 0.3) is 21.8 Å². The van der Waals surface area contributed by atoms with Gasteiger partial charge >= 0.3 is 7.60 Å². The molecule has 29 heavy (non-hydrogen) atoms. The fourth-order valence-corrected chi connectivity index (χ4v) is 4.83. The van der Waals surface area contributed by atoms with Crippen LogP contribution in [0.1, 0.15) is 19.4 Å². The Morgan fingerprint density at radius 2 is 1.72 bits per heavy atom. The summed E-state index contributed by atoms with van der Waals surface area (Å²) in [6, 6.07) is 17.6. The topological polar surface area (TPSA) is 73.4 Å².